The summed E-state index contributed by atoms with van der Waals surface area (Å²) >= 11 is 8.03. The molecule has 7 heteroatoms. The van der Waals surface area contributed by atoms with Gasteiger partial charge in [-0.15, -0.1) is 11.8 Å². The van der Waals surface area contributed by atoms with Crippen LogP contribution in [0.4, 0.5) is 0 Å². The molecule has 1 aromatic rings. The topological polar surface area (TPSA) is 49.9 Å². The molecule has 0 radical (unpaired) electrons. The molecule has 0 spiro atoms. The van der Waals surface area contributed by atoms with Gasteiger partial charge in [-0.3, -0.25) is 14.5 Å². The second-order valence-electron chi connectivity index (χ2n) is 6.14. The Kier molecular flexibility index (Phi) is 7.59. The first-order valence-electron chi connectivity index (χ1n) is 8.49. The Hall–Kier alpha value is -1.24. The maximum absolute atomic E-state index is 12.9. The molecular formula is C18H25ClN2O3S. The zero-order valence-corrected chi connectivity index (χ0v) is 16.5. The van der Waals surface area contributed by atoms with Crippen LogP contribution >= 0.6 is 23.4 Å². The molecule has 0 N–H and O–H groups in total. The van der Waals surface area contributed by atoms with Crippen molar-refractivity contribution in [2.45, 2.75) is 32.2 Å². The van der Waals surface area contributed by atoms with Crippen LogP contribution in [0.3, 0.4) is 0 Å². The summed E-state index contributed by atoms with van der Waals surface area (Å²) in [4.78, 5) is 28.3. The fraction of sp³-hybridized carbons (Fsp3) is 0.556. The van der Waals surface area contributed by atoms with Crippen LogP contribution in [0.15, 0.2) is 24.3 Å². The van der Waals surface area contributed by atoms with Crippen molar-refractivity contribution in [3.05, 3.63) is 34.9 Å². The molecule has 2 rings (SSSR count). The molecule has 1 heterocycles. The second kappa shape index (κ2) is 9.46. The van der Waals surface area contributed by atoms with Crippen molar-refractivity contribution >= 4 is 35.2 Å². The number of nitrogens with zero attached hydrogens (tertiary/aromatic N) is 2. The number of thioether (sulfide) groups is 1. The van der Waals surface area contributed by atoms with E-state index >= 15 is 0 Å². The number of esters is 1. The van der Waals surface area contributed by atoms with Crippen LogP contribution in [0, 0.1) is 0 Å². The lowest BCUT2D eigenvalue weighted by atomic mass is 10.2. The highest BCUT2D eigenvalue weighted by Crippen LogP contribution is 2.40. The molecule has 1 aliphatic rings. The van der Waals surface area contributed by atoms with E-state index in [0.717, 1.165) is 11.3 Å². The number of carbonyl (C=O) groups excluding carboxylic acids is 2. The molecule has 1 atom stereocenters. The van der Waals surface area contributed by atoms with Crippen LogP contribution in [0.5, 0.6) is 0 Å². The van der Waals surface area contributed by atoms with Crippen molar-refractivity contribution in [1.29, 1.82) is 0 Å². The second-order valence-corrected chi connectivity index (χ2v) is 7.73. The fourth-order valence-corrected chi connectivity index (χ4v) is 4.33. The van der Waals surface area contributed by atoms with Crippen molar-refractivity contribution in [2.24, 2.45) is 0 Å². The van der Waals surface area contributed by atoms with Crippen molar-refractivity contribution in [3.63, 3.8) is 0 Å². The van der Waals surface area contributed by atoms with Crippen molar-refractivity contribution in [2.75, 3.05) is 32.0 Å². The summed E-state index contributed by atoms with van der Waals surface area (Å²) in [5.74, 6) is 0.580. The van der Waals surface area contributed by atoms with Crippen molar-refractivity contribution < 1.29 is 14.3 Å². The highest BCUT2D eigenvalue weighted by atomic mass is 35.5. The van der Waals surface area contributed by atoms with E-state index in [4.69, 9.17) is 16.3 Å². The Labute approximate surface area is 158 Å². The molecule has 5 nitrogen and oxygen atoms in total. The normalized spacial score (nSPS) is 17.4. The van der Waals surface area contributed by atoms with Crippen molar-refractivity contribution in [1.82, 2.24) is 9.80 Å². The van der Waals surface area contributed by atoms with E-state index in [1.54, 1.807) is 18.7 Å². The van der Waals surface area contributed by atoms with Gasteiger partial charge in [-0.05, 0) is 26.8 Å². The van der Waals surface area contributed by atoms with Crippen LogP contribution < -0.4 is 0 Å². The molecule has 1 aliphatic heterocycles. The largest absolute Gasteiger partial charge is 0.465 e. The highest BCUT2D eigenvalue weighted by molar-refractivity contribution is 7.99. The van der Waals surface area contributed by atoms with Crippen LogP contribution in [-0.4, -0.2) is 59.7 Å². The van der Waals surface area contributed by atoms with Gasteiger partial charge in [0.1, 0.15) is 5.37 Å². The van der Waals surface area contributed by atoms with Crippen molar-refractivity contribution in [3.8, 4) is 0 Å². The number of hydrogen-bond donors (Lipinski definition) is 0. The standard InChI is InChI=1S/C18H25ClN2O3S/c1-4-24-17(23)12-20(13(2)3)11-16(22)21-9-10-25-18(21)14-7-5-6-8-15(14)19/h5-8,13,18H,4,9-12H2,1-3H3. The van der Waals surface area contributed by atoms with Gasteiger partial charge in [0.15, 0.2) is 0 Å². The summed E-state index contributed by atoms with van der Waals surface area (Å²) in [5, 5.41) is 0.602. The average molecular weight is 385 g/mol. The van der Waals surface area contributed by atoms with Gasteiger partial charge in [-0.1, -0.05) is 29.8 Å². The third-order valence-electron chi connectivity index (χ3n) is 4.09. The minimum Gasteiger partial charge on any atom is -0.465 e. The molecule has 1 fully saturated rings. The molecule has 1 unspecified atom stereocenters. The van der Waals surface area contributed by atoms with Crippen LogP contribution in [0.1, 0.15) is 31.7 Å². The third-order valence-corrected chi connectivity index (χ3v) is 5.68. The zero-order valence-electron chi connectivity index (χ0n) is 14.9. The van der Waals surface area contributed by atoms with Gasteiger partial charge in [0.2, 0.25) is 5.91 Å². The number of halogens is 1. The summed E-state index contributed by atoms with van der Waals surface area (Å²) < 4.78 is 5.01. The molecule has 0 saturated carbocycles. The van der Waals surface area contributed by atoms with E-state index < -0.39 is 0 Å². The quantitative estimate of drug-likeness (QED) is 0.676. The average Bonchev–Trinajstić information content (AvgIpc) is 3.04. The fourth-order valence-electron chi connectivity index (χ4n) is 2.72. The van der Waals surface area contributed by atoms with E-state index in [9.17, 15) is 9.59 Å². The van der Waals surface area contributed by atoms with Crippen LogP contribution in [0.2, 0.25) is 5.02 Å². The van der Waals surface area contributed by atoms with Gasteiger partial charge in [0.05, 0.1) is 19.7 Å². The number of carbonyl (C=O) groups is 2. The molecule has 138 valence electrons. The number of ether oxygens (including phenoxy) is 1. The summed E-state index contributed by atoms with van der Waals surface area (Å²) in [6.45, 7) is 7.06. The van der Waals surface area contributed by atoms with Crippen LogP contribution in [-0.2, 0) is 14.3 Å². The van der Waals surface area contributed by atoms with Gasteiger partial charge in [0.25, 0.3) is 0 Å². The third kappa shape index (κ3) is 5.36. The molecule has 0 bridgehead atoms. The number of rotatable bonds is 7. The maximum Gasteiger partial charge on any atom is 0.320 e. The molecular weight excluding hydrogens is 360 g/mol. The Morgan fingerprint density at radius 2 is 2.08 bits per heavy atom. The molecule has 0 aliphatic carbocycles. The predicted octanol–water partition coefficient (Wildman–Crippen LogP) is 3.19. The summed E-state index contributed by atoms with van der Waals surface area (Å²) in [6, 6.07) is 7.70. The summed E-state index contributed by atoms with van der Waals surface area (Å²) in [5.41, 5.74) is 0.960. The predicted molar refractivity (Wildman–Crippen MR) is 102 cm³/mol. The van der Waals surface area contributed by atoms with Gasteiger partial charge < -0.3 is 9.64 Å². The zero-order chi connectivity index (χ0) is 18.4. The lowest BCUT2D eigenvalue weighted by Crippen LogP contribution is -2.45. The lowest BCUT2D eigenvalue weighted by Gasteiger charge is -2.30. The van der Waals surface area contributed by atoms with E-state index in [-0.39, 0.29) is 36.4 Å². The SMILES string of the molecule is CCOC(=O)CN(CC(=O)N1CCSC1c1ccccc1Cl)C(C)C. The number of benzene rings is 1. The summed E-state index contributed by atoms with van der Waals surface area (Å²) in [7, 11) is 0. The Morgan fingerprint density at radius 1 is 1.36 bits per heavy atom. The van der Waals surface area contributed by atoms with Gasteiger partial charge in [0, 0.05) is 28.9 Å². The lowest BCUT2D eigenvalue weighted by molar-refractivity contribution is -0.145. The Morgan fingerprint density at radius 3 is 2.72 bits per heavy atom. The monoisotopic (exact) mass is 384 g/mol. The number of hydrogen-bond acceptors (Lipinski definition) is 5. The van der Waals surface area contributed by atoms with E-state index in [1.165, 1.54) is 0 Å². The first-order valence-corrected chi connectivity index (χ1v) is 9.91. The van der Waals surface area contributed by atoms with Gasteiger partial charge in [-0.2, -0.15) is 0 Å². The summed E-state index contributed by atoms with van der Waals surface area (Å²) in [6.07, 6.45) is 0. The van der Waals surface area contributed by atoms with Gasteiger partial charge >= 0.3 is 5.97 Å². The number of amides is 1. The highest BCUT2D eigenvalue weighted by Gasteiger charge is 2.33. The minimum atomic E-state index is -0.303. The first-order chi connectivity index (χ1) is 11.9. The molecule has 1 amide bonds. The van der Waals surface area contributed by atoms with Crippen LogP contribution in [0.25, 0.3) is 0 Å². The maximum atomic E-state index is 12.9. The van der Waals surface area contributed by atoms with E-state index in [1.807, 2.05) is 47.9 Å². The molecule has 1 saturated heterocycles. The van der Waals surface area contributed by atoms with E-state index in [0.29, 0.717) is 18.2 Å². The molecule has 0 aromatic heterocycles. The smallest absolute Gasteiger partial charge is 0.320 e. The minimum absolute atomic E-state index is 0.00733. The van der Waals surface area contributed by atoms with E-state index in [2.05, 4.69) is 0 Å². The Bertz CT molecular complexity index is 612. The Balaban J connectivity index is 2.07. The first kappa shape index (κ1) is 20.1. The van der Waals surface area contributed by atoms with Gasteiger partial charge in [-0.25, -0.2) is 0 Å². The molecule has 1 aromatic carbocycles. The molecule has 25 heavy (non-hydrogen) atoms.